The van der Waals surface area contributed by atoms with Crippen LogP contribution in [0.3, 0.4) is 0 Å². The van der Waals surface area contributed by atoms with Gasteiger partial charge in [-0.3, -0.25) is 9.59 Å². The van der Waals surface area contributed by atoms with E-state index in [0.29, 0.717) is 22.0 Å². The number of para-hydroxylation sites is 1. The summed E-state index contributed by atoms with van der Waals surface area (Å²) in [6.07, 6.45) is 1.43. The van der Waals surface area contributed by atoms with Crippen LogP contribution >= 0.6 is 11.6 Å². The lowest BCUT2D eigenvalue weighted by Gasteiger charge is -2.17. The fraction of sp³-hybridized carbons (Fsp3) is 0.118. The highest BCUT2D eigenvalue weighted by molar-refractivity contribution is 6.33. The second kappa shape index (κ2) is 7.75. The molecule has 0 unspecified atom stereocenters. The molecule has 132 valence electrons. The van der Waals surface area contributed by atoms with Crippen LogP contribution in [0.15, 0.2) is 54.9 Å². The number of nitrogens with zero attached hydrogens (tertiary/aromatic N) is 5. The van der Waals surface area contributed by atoms with Crippen molar-refractivity contribution in [2.45, 2.75) is 0 Å². The van der Waals surface area contributed by atoms with E-state index in [1.54, 1.807) is 55.6 Å². The largest absolute Gasteiger partial charge is 0.332 e. The molecule has 0 radical (unpaired) electrons. The van der Waals surface area contributed by atoms with Gasteiger partial charge in [-0.2, -0.15) is 0 Å². The van der Waals surface area contributed by atoms with Gasteiger partial charge in [-0.1, -0.05) is 29.8 Å². The van der Waals surface area contributed by atoms with E-state index in [1.807, 2.05) is 0 Å². The van der Waals surface area contributed by atoms with E-state index in [-0.39, 0.29) is 18.4 Å². The van der Waals surface area contributed by atoms with E-state index in [2.05, 4.69) is 20.8 Å². The number of tetrazole rings is 1. The summed E-state index contributed by atoms with van der Waals surface area (Å²) in [7, 11) is 1.55. The summed E-state index contributed by atoms with van der Waals surface area (Å²) in [4.78, 5) is 26.1. The molecule has 0 fully saturated rings. The average Bonchev–Trinajstić information content (AvgIpc) is 3.18. The van der Waals surface area contributed by atoms with Crippen LogP contribution in [0.4, 0.5) is 5.69 Å². The van der Waals surface area contributed by atoms with E-state index in [1.165, 1.54) is 15.9 Å². The molecule has 2 amide bonds. The van der Waals surface area contributed by atoms with Crippen LogP contribution in [0.2, 0.25) is 5.02 Å². The molecule has 0 aliphatic carbocycles. The Hall–Kier alpha value is -3.26. The number of amides is 2. The predicted molar refractivity (Wildman–Crippen MR) is 96.2 cm³/mol. The number of hydrogen-bond donors (Lipinski definition) is 1. The number of carbonyl (C=O) groups excluding carboxylic acids is 2. The van der Waals surface area contributed by atoms with Crippen molar-refractivity contribution in [3.05, 3.63) is 65.4 Å². The van der Waals surface area contributed by atoms with Gasteiger partial charge in [0.15, 0.2) is 0 Å². The third-order valence-corrected chi connectivity index (χ3v) is 3.91. The molecule has 1 heterocycles. The Balaban J connectivity index is 1.67. The summed E-state index contributed by atoms with van der Waals surface area (Å²) in [5, 5.41) is 14.0. The quantitative estimate of drug-likeness (QED) is 0.741. The second-order valence-corrected chi connectivity index (χ2v) is 5.90. The van der Waals surface area contributed by atoms with Crippen molar-refractivity contribution in [3.8, 4) is 5.69 Å². The van der Waals surface area contributed by atoms with Crippen molar-refractivity contribution in [2.24, 2.45) is 0 Å². The summed E-state index contributed by atoms with van der Waals surface area (Å²) >= 11 is 6.02. The van der Waals surface area contributed by atoms with Gasteiger partial charge in [-0.25, -0.2) is 4.68 Å². The number of anilines is 1. The molecule has 1 N–H and O–H groups in total. The first-order chi connectivity index (χ1) is 12.5. The molecule has 8 nitrogen and oxygen atoms in total. The van der Waals surface area contributed by atoms with Crippen LogP contribution in [-0.4, -0.2) is 50.5 Å². The fourth-order valence-corrected chi connectivity index (χ4v) is 2.50. The molecule has 0 aliphatic heterocycles. The van der Waals surface area contributed by atoms with Crippen LogP contribution in [-0.2, 0) is 4.79 Å². The fourth-order valence-electron chi connectivity index (χ4n) is 2.32. The molecule has 0 saturated heterocycles. The lowest BCUT2D eigenvalue weighted by molar-refractivity contribution is -0.116. The van der Waals surface area contributed by atoms with Crippen molar-refractivity contribution < 1.29 is 9.59 Å². The van der Waals surface area contributed by atoms with Gasteiger partial charge in [-0.05, 0) is 40.8 Å². The molecule has 0 spiro atoms. The third kappa shape index (κ3) is 4.04. The predicted octanol–water partition coefficient (Wildman–Crippen LogP) is 2.03. The molecule has 3 rings (SSSR count). The first-order valence-corrected chi connectivity index (χ1v) is 8.05. The van der Waals surface area contributed by atoms with E-state index >= 15 is 0 Å². The van der Waals surface area contributed by atoms with Gasteiger partial charge in [0.25, 0.3) is 5.91 Å². The number of benzene rings is 2. The van der Waals surface area contributed by atoms with Gasteiger partial charge in [0.05, 0.1) is 22.9 Å². The molecule has 1 aromatic heterocycles. The monoisotopic (exact) mass is 370 g/mol. The molecular weight excluding hydrogens is 356 g/mol. The Morgan fingerprint density at radius 1 is 1.19 bits per heavy atom. The number of hydrogen-bond acceptors (Lipinski definition) is 5. The van der Waals surface area contributed by atoms with Crippen LogP contribution in [0, 0.1) is 0 Å². The van der Waals surface area contributed by atoms with Gasteiger partial charge in [0, 0.05) is 12.6 Å². The van der Waals surface area contributed by atoms with Crippen molar-refractivity contribution >= 4 is 29.1 Å². The first kappa shape index (κ1) is 17.6. The van der Waals surface area contributed by atoms with E-state index in [9.17, 15) is 9.59 Å². The van der Waals surface area contributed by atoms with E-state index in [0.717, 1.165) is 0 Å². The summed E-state index contributed by atoms with van der Waals surface area (Å²) in [6.45, 7) is -0.112. The SMILES string of the molecule is CN(CC(=O)Nc1ccccc1Cl)C(=O)c1cccc(-n2cnnn2)c1. The zero-order chi connectivity index (χ0) is 18.5. The van der Waals surface area contributed by atoms with Crippen LogP contribution in [0.25, 0.3) is 5.69 Å². The molecule has 0 aliphatic rings. The minimum atomic E-state index is -0.342. The zero-order valence-electron chi connectivity index (χ0n) is 13.8. The highest BCUT2D eigenvalue weighted by Gasteiger charge is 2.16. The first-order valence-electron chi connectivity index (χ1n) is 7.68. The highest BCUT2D eigenvalue weighted by Crippen LogP contribution is 2.20. The number of carbonyl (C=O) groups is 2. The van der Waals surface area contributed by atoms with Crippen molar-refractivity contribution in [1.82, 2.24) is 25.1 Å². The maximum Gasteiger partial charge on any atom is 0.254 e. The topological polar surface area (TPSA) is 93.0 Å². The Kier molecular flexibility index (Phi) is 5.23. The Bertz CT molecular complexity index is 929. The van der Waals surface area contributed by atoms with Gasteiger partial charge in [-0.15, -0.1) is 5.10 Å². The van der Waals surface area contributed by atoms with Crippen LogP contribution in [0.1, 0.15) is 10.4 Å². The minimum Gasteiger partial charge on any atom is -0.332 e. The van der Waals surface area contributed by atoms with Crippen molar-refractivity contribution in [2.75, 3.05) is 18.9 Å². The smallest absolute Gasteiger partial charge is 0.254 e. The zero-order valence-corrected chi connectivity index (χ0v) is 14.6. The molecule has 3 aromatic rings. The molecule has 2 aromatic carbocycles. The Morgan fingerprint density at radius 2 is 2.00 bits per heavy atom. The standard InChI is InChI=1S/C17H15ClN6O2/c1-23(10-16(25)20-15-8-3-2-7-14(15)18)17(26)12-5-4-6-13(9-12)24-11-19-21-22-24/h2-9,11H,10H2,1H3,(H,20,25). The maximum atomic E-state index is 12.6. The van der Waals surface area contributed by atoms with E-state index in [4.69, 9.17) is 11.6 Å². The molecule has 9 heteroatoms. The maximum absolute atomic E-state index is 12.6. The van der Waals surface area contributed by atoms with E-state index < -0.39 is 0 Å². The van der Waals surface area contributed by atoms with Gasteiger partial charge < -0.3 is 10.2 Å². The van der Waals surface area contributed by atoms with Crippen LogP contribution in [0.5, 0.6) is 0 Å². The summed E-state index contributed by atoms with van der Waals surface area (Å²) < 4.78 is 1.45. The number of aromatic nitrogens is 4. The van der Waals surface area contributed by atoms with Gasteiger partial charge in [0.2, 0.25) is 5.91 Å². The number of rotatable bonds is 5. The van der Waals surface area contributed by atoms with Crippen LogP contribution < -0.4 is 5.32 Å². The lowest BCUT2D eigenvalue weighted by Crippen LogP contribution is -2.35. The van der Waals surface area contributed by atoms with Crippen molar-refractivity contribution in [1.29, 1.82) is 0 Å². The van der Waals surface area contributed by atoms with Gasteiger partial charge >= 0.3 is 0 Å². The number of nitrogens with one attached hydrogen (secondary N) is 1. The molecule has 26 heavy (non-hydrogen) atoms. The number of halogens is 1. The normalized spacial score (nSPS) is 10.4. The molecular formula is C17H15ClN6O2. The summed E-state index contributed by atoms with van der Waals surface area (Å²) in [5.41, 5.74) is 1.57. The third-order valence-electron chi connectivity index (χ3n) is 3.58. The number of likely N-dealkylation sites (N-methyl/N-ethyl adjacent to an activating group) is 1. The Labute approximate surface area is 154 Å². The summed E-state index contributed by atoms with van der Waals surface area (Å²) in [6, 6.07) is 13.7. The minimum absolute atomic E-state index is 0.112. The van der Waals surface area contributed by atoms with Crippen molar-refractivity contribution in [3.63, 3.8) is 0 Å². The molecule has 0 bridgehead atoms. The second-order valence-electron chi connectivity index (χ2n) is 5.49. The van der Waals surface area contributed by atoms with Gasteiger partial charge in [0.1, 0.15) is 6.33 Å². The molecule has 0 atom stereocenters. The molecule has 0 saturated carbocycles. The summed E-state index contributed by atoms with van der Waals surface area (Å²) in [5.74, 6) is -0.639. The Morgan fingerprint density at radius 3 is 2.73 bits per heavy atom. The highest BCUT2D eigenvalue weighted by atomic mass is 35.5. The average molecular weight is 371 g/mol. The lowest BCUT2D eigenvalue weighted by atomic mass is 10.2.